The lowest BCUT2D eigenvalue weighted by Crippen LogP contribution is -2.12. The second kappa shape index (κ2) is 2.16. The van der Waals surface area contributed by atoms with E-state index >= 15 is 0 Å². The molecule has 0 aliphatic heterocycles. The molecule has 2 aromatic heterocycles. The van der Waals surface area contributed by atoms with E-state index in [4.69, 9.17) is 0 Å². The minimum absolute atomic E-state index is 0.108. The van der Waals surface area contributed by atoms with Crippen molar-refractivity contribution < 1.29 is 0 Å². The Balaban J connectivity index is 3.03. The number of hydrogen-bond acceptors (Lipinski definition) is 3. The molecule has 4 nitrogen and oxygen atoms in total. The topological polar surface area (TPSA) is 47.3 Å². The van der Waals surface area contributed by atoms with E-state index in [1.54, 1.807) is 18.5 Å². The molecule has 0 fully saturated rings. The smallest absolute Gasteiger partial charge is 0.258 e. The molecule has 2 heterocycles. The van der Waals surface area contributed by atoms with Crippen LogP contribution in [-0.2, 0) is 0 Å². The zero-order valence-electron chi connectivity index (χ0n) is 5.64. The predicted molar refractivity (Wildman–Crippen MR) is 39.3 cm³/mol. The fourth-order valence-corrected chi connectivity index (χ4v) is 0.879. The molecule has 2 rings (SSSR count). The van der Waals surface area contributed by atoms with Crippen LogP contribution in [-0.4, -0.2) is 14.4 Å². The molecule has 0 aliphatic carbocycles. The first kappa shape index (κ1) is 6.03. The molecule has 0 saturated heterocycles. The summed E-state index contributed by atoms with van der Waals surface area (Å²) in [5.41, 5.74) is -0.108. The second-order valence-electron chi connectivity index (χ2n) is 2.07. The first-order valence-corrected chi connectivity index (χ1v) is 3.16. The van der Waals surface area contributed by atoms with Gasteiger partial charge in [0, 0.05) is 24.7 Å². The van der Waals surface area contributed by atoms with E-state index in [9.17, 15) is 4.79 Å². The quantitative estimate of drug-likeness (QED) is 0.530. The van der Waals surface area contributed by atoms with Gasteiger partial charge in [0.1, 0.15) is 0 Å². The summed E-state index contributed by atoms with van der Waals surface area (Å²) < 4.78 is 1.39. The van der Waals surface area contributed by atoms with Crippen LogP contribution in [0.3, 0.4) is 0 Å². The summed E-state index contributed by atoms with van der Waals surface area (Å²) in [6, 6.07) is 3.09. The van der Waals surface area contributed by atoms with Crippen molar-refractivity contribution in [3.05, 3.63) is 41.1 Å². The van der Waals surface area contributed by atoms with E-state index in [0.717, 1.165) is 0 Å². The summed E-state index contributed by atoms with van der Waals surface area (Å²) in [7, 11) is 0. The lowest BCUT2D eigenvalue weighted by atomic mass is 10.6. The highest BCUT2D eigenvalue weighted by Crippen LogP contribution is 1.86. The third kappa shape index (κ3) is 0.881. The van der Waals surface area contributed by atoms with Gasteiger partial charge in [0.05, 0.1) is 0 Å². The maximum Gasteiger partial charge on any atom is 0.258 e. The molecule has 0 unspecified atom stereocenters. The van der Waals surface area contributed by atoms with Gasteiger partial charge in [-0.2, -0.15) is 0 Å². The van der Waals surface area contributed by atoms with Gasteiger partial charge in [0.2, 0.25) is 5.78 Å². The Bertz CT molecular complexity index is 429. The molecule has 0 aliphatic rings. The van der Waals surface area contributed by atoms with Crippen LogP contribution >= 0.6 is 0 Å². The van der Waals surface area contributed by atoms with Crippen molar-refractivity contribution in [3.63, 3.8) is 0 Å². The van der Waals surface area contributed by atoms with Crippen molar-refractivity contribution in [2.45, 2.75) is 0 Å². The van der Waals surface area contributed by atoms with Gasteiger partial charge in [0.15, 0.2) is 0 Å². The van der Waals surface area contributed by atoms with Crippen LogP contribution in [0, 0.1) is 0 Å². The maximum absolute atomic E-state index is 11.1. The molecule has 0 spiro atoms. The highest BCUT2D eigenvalue weighted by atomic mass is 16.1. The Morgan fingerprint density at radius 3 is 2.91 bits per heavy atom. The third-order valence-corrected chi connectivity index (χ3v) is 1.37. The molecule has 0 atom stereocenters. The first-order chi connectivity index (χ1) is 5.38. The number of rotatable bonds is 0. The van der Waals surface area contributed by atoms with Crippen molar-refractivity contribution in [1.82, 2.24) is 14.4 Å². The highest BCUT2D eigenvalue weighted by Gasteiger charge is 1.92. The predicted octanol–water partition coefficient (Wildman–Crippen LogP) is 0.0895. The molecule has 0 bridgehead atoms. The van der Waals surface area contributed by atoms with Gasteiger partial charge >= 0.3 is 0 Å². The van der Waals surface area contributed by atoms with Gasteiger partial charge in [-0.3, -0.25) is 9.20 Å². The van der Waals surface area contributed by atoms with E-state index in [2.05, 4.69) is 9.97 Å². The number of hydrogen-bond donors (Lipinski definition) is 0. The van der Waals surface area contributed by atoms with E-state index in [1.165, 1.54) is 16.7 Å². The standard InChI is InChI=1S/C7H5N3O/c11-6-2-4-9-7-8-3-1-5-10(6)7/h1-5H. The lowest BCUT2D eigenvalue weighted by Gasteiger charge is -1.93. The minimum atomic E-state index is -0.108. The zero-order chi connectivity index (χ0) is 7.68. The van der Waals surface area contributed by atoms with Crippen molar-refractivity contribution >= 4 is 5.78 Å². The monoisotopic (exact) mass is 147 g/mol. The van der Waals surface area contributed by atoms with Gasteiger partial charge in [-0.1, -0.05) is 0 Å². The summed E-state index contributed by atoms with van der Waals surface area (Å²) >= 11 is 0. The molecule has 0 aromatic carbocycles. The van der Waals surface area contributed by atoms with Crippen molar-refractivity contribution in [2.75, 3.05) is 0 Å². The highest BCUT2D eigenvalue weighted by molar-refractivity contribution is 5.24. The number of nitrogens with zero attached hydrogens (tertiary/aromatic N) is 3. The molecular formula is C7H5N3O. The van der Waals surface area contributed by atoms with E-state index < -0.39 is 0 Å². The average molecular weight is 147 g/mol. The molecular weight excluding hydrogens is 142 g/mol. The van der Waals surface area contributed by atoms with Crippen LogP contribution < -0.4 is 5.56 Å². The van der Waals surface area contributed by atoms with E-state index in [1.807, 2.05) is 0 Å². The summed E-state index contributed by atoms with van der Waals surface area (Å²) in [6.07, 6.45) is 4.68. The van der Waals surface area contributed by atoms with E-state index in [0.29, 0.717) is 5.78 Å². The molecule has 4 heteroatoms. The largest absolute Gasteiger partial charge is 0.269 e. The minimum Gasteiger partial charge on any atom is -0.269 e. The molecule has 0 radical (unpaired) electrons. The number of fused-ring (bicyclic) bond motifs is 1. The molecule has 0 saturated carbocycles. The Morgan fingerprint density at radius 1 is 1.27 bits per heavy atom. The van der Waals surface area contributed by atoms with Gasteiger partial charge in [-0.15, -0.1) is 0 Å². The number of aromatic nitrogens is 3. The summed E-state index contributed by atoms with van der Waals surface area (Å²) in [5, 5.41) is 0. The zero-order valence-corrected chi connectivity index (χ0v) is 5.64. The first-order valence-electron chi connectivity index (χ1n) is 3.16. The maximum atomic E-state index is 11.1. The van der Waals surface area contributed by atoms with E-state index in [-0.39, 0.29) is 5.56 Å². The van der Waals surface area contributed by atoms with Gasteiger partial charge in [-0.05, 0) is 6.07 Å². The SMILES string of the molecule is O=c1ccnc2ncccn12. The fraction of sp³-hybridized carbons (Fsp3) is 0. The molecule has 0 amide bonds. The normalized spacial score (nSPS) is 10.2. The van der Waals surface area contributed by atoms with Crippen molar-refractivity contribution in [1.29, 1.82) is 0 Å². The molecule has 11 heavy (non-hydrogen) atoms. The van der Waals surface area contributed by atoms with Gasteiger partial charge < -0.3 is 0 Å². The van der Waals surface area contributed by atoms with Crippen LogP contribution in [0.2, 0.25) is 0 Å². The Hall–Kier alpha value is -1.71. The molecule has 2 aromatic rings. The van der Waals surface area contributed by atoms with Crippen LogP contribution in [0.4, 0.5) is 0 Å². The Kier molecular flexibility index (Phi) is 1.18. The molecule has 0 N–H and O–H groups in total. The second-order valence-corrected chi connectivity index (χ2v) is 2.07. The Labute approximate surface area is 62.2 Å². The average Bonchev–Trinajstić information content (AvgIpc) is 2.06. The van der Waals surface area contributed by atoms with Crippen LogP contribution in [0.15, 0.2) is 35.5 Å². The summed E-state index contributed by atoms with van der Waals surface area (Å²) in [6.45, 7) is 0. The summed E-state index contributed by atoms with van der Waals surface area (Å²) in [5.74, 6) is 0.431. The van der Waals surface area contributed by atoms with Crippen LogP contribution in [0.25, 0.3) is 5.78 Å². The summed E-state index contributed by atoms with van der Waals surface area (Å²) in [4.78, 5) is 18.8. The fourth-order valence-electron chi connectivity index (χ4n) is 0.879. The third-order valence-electron chi connectivity index (χ3n) is 1.37. The van der Waals surface area contributed by atoms with Crippen molar-refractivity contribution in [2.24, 2.45) is 0 Å². The van der Waals surface area contributed by atoms with Crippen molar-refractivity contribution in [3.8, 4) is 0 Å². The van der Waals surface area contributed by atoms with Crippen LogP contribution in [0.5, 0.6) is 0 Å². The molecule has 54 valence electrons. The lowest BCUT2D eigenvalue weighted by molar-refractivity contribution is 0.996. The van der Waals surface area contributed by atoms with Crippen LogP contribution in [0.1, 0.15) is 0 Å². The van der Waals surface area contributed by atoms with Gasteiger partial charge in [-0.25, -0.2) is 9.97 Å². The Morgan fingerprint density at radius 2 is 2.09 bits per heavy atom. The van der Waals surface area contributed by atoms with Gasteiger partial charge in [0.25, 0.3) is 5.56 Å².